The minimum absolute atomic E-state index is 1.22. The predicted molar refractivity (Wildman–Crippen MR) is 73.4 cm³/mol. The average molecular weight is 233 g/mol. The second-order valence-electron chi connectivity index (χ2n) is 3.93. The van der Waals surface area contributed by atoms with Gasteiger partial charge in [-0.1, -0.05) is 25.5 Å². The average Bonchev–Trinajstić information content (AvgIpc) is 2.70. The summed E-state index contributed by atoms with van der Waals surface area (Å²) >= 11 is 2.00. The molecule has 0 bridgehead atoms. The maximum atomic E-state index is 3.52. The number of aromatic amines is 1. The molecule has 1 aliphatic heterocycles. The summed E-state index contributed by atoms with van der Waals surface area (Å²) in [7, 11) is 0. The predicted octanol–water partition coefficient (Wildman–Crippen LogP) is 4.54. The van der Waals surface area contributed by atoms with Crippen LogP contribution in [0.3, 0.4) is 0 Å². The van der Waals surface area contributed by atoms with Gasteiger partial charge < -0.3 is 4.98 Å². The first kappa shape index (κ1) is 11.6. The molecule has 3 rings (SSSR count). The smallest absolute Gasteiger partial charge is 0.0467 e. The molecule has 16 heavy (non-hydrogen) atoms. The molecule has 1 nitrogen and oxygen atoms in total. The van der Waals surface area contributed by atoms with Crippen LogP contribution in [-0.2, 0) is 6.42 Å². The number of fused-ring (bicyclic) bond motifs is 3. The molecule has 86 valence electrons. The maximum Gasteiger partial charge on any atom is 0.0467 e. The highest BCUT2D eigenvalue weighted by atomic mass is 32.2. The summed E-state index contributed by atoms with van der Waals surface area (Å²) < 4.78 is 0. The van der Waals surface area contributed by atoms with Crippen LogP contribution in [0.5, 0.6) is 0 Å². The van der Waals surface area contributed by atoms with Gasteiger partial charge in [0.25, 0.3) is 0 Å². The van der Waals surface area contributed by atoms with Gasteiger partial charge >= 0.3 is 0 Å². The van der Waals surface area contributed by atoms with E-state index in [0.29, 0.717) is 0 Å². The molecular formula is C14H19NS. The molecule has 0 atom stereocenters. The molecular weight excluding hydrogens is 214 g/mol. The maximum absolute atomic E-state index is 3.52. The molecule has 1 N–H and O–H groups in total. The van der Waals surface area contributed by atoms with Gasteiger partial charge in [0, 0.05) is 21.5 Å². The van der Waals surface area contributed by atoms with Gasteiger partial charge in [-0.3, -0.25) is 0 Å². The first-order valence-corrected chi connectivity index (χ1v) is 7.07. The Morgan fingerprint density at radius 3 is 2.88 bits per heavy atom. The van der Waals surface area contributed by atoms with Crippen LogP contribution in [0.4, 0.5) is 0 Å². The highest BCUT2D eigenvalue weighted by Crippen LogP contribution is 2.36. The Hall–Kier alpha value is -0.890. The van der Waals surface area contributed by atoms with Gasteiger partial charge in [-0.25, -0.2) is 0 Å². The van der Waals surface area contributed by atoms with Crippen LogP contribution in [-0.4, -0.2) is 10.7 Å². The molecule has 0 amide bonds. The third-order valence-corrected chi connectivity index (χ3v) is 4.04. The standard InChI is InChI=1S/C12H13NS.C2H6/c1-8-4-5-10-9(7-8)12-11(13-10)3-2-6-14-12;1-2/h4-5,7,13H,2-3,6H2,1H3;1-2H3. The third kappa shape index (κ3) is 1.99. The zero-order valence-corrected chi connectivity index (χ0v) is 11.1. The Labute approximate surface area is 102 Å². The lowest BCUT2D eigenvalue weighted by Crippen LogP contribution is -1.95. The van der Waals surface area contributed by atoms with Crippen molar-refractivity contribution in [1.82, 2.24) is 4.98 Å². The van der Waals surface area contributed by atoms with Crippen LogP contribution in [0.25, 0.3) is 10.9 Å². The van der Waals surface area contributed by atoms with Crippen molar-refractivity contribution in [1.29, 1.82) is 0 Å². The number of nitrogens with one attached hydrogen (secondary N) is 1. The molecule has 0 spiro atoms. The summed E-state index contributed by atoms with van der Waals surface area (Å²) in [5.74, 6) is 1.27. The quantitative estimate of drug-likeness (QED) is 0.706. The minimum Gasteiger partial charge on any atom is -0.357 e. The third-order valence-electron chi connectivity index (χ3n) is 2.80. The van der Waals surface area contributed by atoms with Crippen molar-refractivity contribution in [2.75, 3.05) is 5.75 Å². The topological polar surface area (TPSA) is 15.8 Å². The summed E-state index contributed by atoms with van der Waals surface area (Å²) in [6, 6.07) is 6.67. The molecule has 0 radical (unpaired) electrons. The van der Waals surface area contributed by atoms with Gasteiger partial charge in [0.2, 0.25) is 0 Å². The summed E-state index contributed by atoms with van der Waals surface area (Å²) in [5.41, 5.74) is 4.10. The van der Waals surface area contributed by atoms with Gasteiger partial charge in [0.1, 0.15) is 0 Å². The molecule has 1 aromatic heterocycles. The zero-order valence-electron chi connectivity index (χ0n) is 10.3. The molecule has 0 saturated carbocycles. The number of hydrogen-bond acceptors (Lipinski definition) is 1. The molecule has 2 heterocycles. The van der Waals surface area contributed by atoms with E-state index in [1.54, 1.807) is 0 Å². The number of rotatable bonds is 0. The van der Waals surface area contributed by atoms with E-state index in [-0.39, 0.29) is 0 Å². The fourth-order valence-electron chi connectivity index (χ4n) is 2.10. The first-order chi connectivity index (χ1) is 7.84. The minimum atomic E-state index is 1.22. The second kappa shape index (κ2) is 4.96. The highest BCUT2D eigenvalue weighted by molar-refractivity contribution is 7.99. The van der Waals surface area contributed by atoms with Crippen molar-refractivity contribution in [3.05, 3.63) is 29.5 Å². The normalized spacial score (nSPS) is 14.2. The Balaban J connectivity index is 0.000000457. The molecule has 0 unspecified atom stereocenters. The fourth-order valence-corrected chi connectivity index (χ4v) is 3.25. The van der Waals surface area contributed by atoms with E-state index in [9.17, 15) is 0 Å². The van der Waals surface area contributed by atoms with Crippen LogP contribution < -0.4 is 0 Å². The number of aromatic nitrogens is 1. The van der Waals surface area contributed by atoms with Gasteiger partial charge in [-0.2, -0.15) is 0 Å². The van der Waals surface area contributed by atoms with Crippen LogP contribution >= 0.6 is 11.8 Å². The van der Waals surface area contributed by atoms with Gasteiger partial charge in [0.05, 0.1) is 0 Å². The lowest BCUT2D eigenvalue weighted by Gasteiger charge is -2.09. The van der Waals surface area contributed by atoms with Crippen LogP contribution in [0.15, 0.2) is 23.1 Å². The molecule has 0 aliphatic carbocycles. The molecule has 0 fully saturated rings. The van der Waals surface area contributed by atoms with Crippen molar-refractivity contribution < 1.29 is 0 Å². The van der Waals surface area contributed by atoms with Crippen molar-refractivity contribution in [2.45, 2.75) is 38.5 Å². The van der Waals surface area contributed by atoms with E-state index < -0.39 is 0 Å². The van der Waals surface area contributed by atoms with E-state index in [1.807, 2.05) is 25.6 Å². The van der Waals surface area contributed by atoms with Gasteiger partial charge in [-0.05, 0) is 37.7 Å². The Kier molecular flexibility index (Phi) is 3.59. The fraction of sp³-hybridized carbons (Fsp3) is 0.429. The Morgan fingerprint density at radius 2 is 2.06 bits per heavy atom. The van der Waals surface area contributed by atoms with Crippen molar-refractivity contribution in [2.24, 2.45) is 0 Å². The lowest BCUT2D eigenvalue weighted by molar-refractivity contribution is 0.868. The number of thioether (sulfide) groups is 1. The molecule has 2 heteroatoms. The molecule has 2 aromatic rings. The van der Waals surface area contributed by atoms with Crippen LogP contribution in [0.1, 0.15) is 31.5 Å². The Morgan fingerprint density at radius 1 is 1.25 bits per heavy atom. The molecule has 1 aromatic carbocycles. The van der Waals surface area contributed by atoms with Crippen molar-refractivity contribution in [3.8, 4) is 0 Å². The number of H-pyrrole nitrogens is 1. The van der Waals surface area contributed by atoms with Gasteiger partial charge in [0.15, 0.2) is 0 Å². The first-order valence-electron chi connectivity index (χ1n) is 6.08. The summed E-state index contributed by atoms with van der Waals surface area (Å²) in [4.78, 5) is 5.02. The van der Waals surface area contributed by atoms with Crippen LogP contribution in [0, 0.1) is 6.92 Å². The number of hydrogen-bond donors (Lipinski definition) is 1. The lowest BCUT2D eigenvalue weighted by atomic mass is 10.1. The van der Waals surface area contributed by atoms with E-state index in [1.165, 1.54) is 45.7 Å². The summed E-state index contributed by atoms with van der Waals surface area (Å²) in [6.07, 6.45) is 2.53. The number of aryl methyl sites for hydroxylation is 2. The monoisotopic (exact) mass is 233 g/mol. The van der Waals surface area contributed by atoms with E-state index in [0.717, 1.165) is 0 Å². The zero-order chi connectivity index (χ0) is 11.5. The highest BCUT2D eigenvalue weighted by Gasteiger charge is 2.15. The molecule has 1 aliphatic rings. The van der Waals surface area contributed by atoms with Crippen molar-refractivity contribution in [3.63, 3.8) is 0 Å². The molecule has 0 saturated heterocycles. The van der Waals surface area contributed by atoms with E-state index in [4.69, 9.17) is 0 Å². The number of benzene rings is 1. The van der Waals surface area contributed by atoms with Gasteiger partial charge in [-0.15, -0.1) is 11.8 Å². The SMILES string of the molecule is CC.Cc1ccc2[nH]c3c(c2c1)SCCC3. The Bertz CT molecular complexity index is 485. The second-order valence-corrected chi connectivity index (χ2v) is 5.04. The summed E-state index contributed by atoms with van der Waals surface area (Å²) in [6.45, 7) is 6.16. The van der Waals surface area contributed by atoms with E-state index >= 15 is 0 Å². The van der Waals surface area contributed by atoms with E-state index in [2.05, 4.69) is 30.1 Å². The summed E-state index contributed by atoms with van der Waals surface area (Å²) in [5, 5.41) is 1.42. The van der Waals surface area contributed by atoms with Crippen LogP contribution in [0.2, 0.25) is 0 Å². The van der Waals surface area contributed by atoms with Crippen molar-refractivity contribution >= 4 is 22.7 Å². The largest absolute Gasteiger partial charge is 0.357 e.